The fraction of sp³-hybridized carbons (Fsp3) is 0.350. The van der Waals surface area contributed by atoms with Crippen molar-refractivity contribution in [3.63, 3.8) is 0 Å². The summed E-state index contributed by atoms with van der Waals surface area (Å²) in [5, 5.41) is 0. The number of carbonyl (C=O) groups is 1. The molecule has 4 rings (SSSR count). The van der Waals surface area contributed by atoms with Crippen LogP contribution in [0.1, 0.15) is 22.6 Å². The molecule has 6 heteroatoms. The first-order chi connectivity index (χ1) is 12.6. The lowest BCUT2D eigenvalue weighted by Crippen LogP contribution is -2.67. The van der Waals surface area contributed by atoms with Gasteiger partial charge in [0.15, 0.2) is 11.5 Å². The summed E-state index contributed by atoms with van der Waals surface area (Å²) in [4.78, 5) is 14.3. The lowest BCUT2D eigenvalue weighted by molar-refractivity contribution is -0.154. The summed E-state index contributed by atoms with van der Waals surface area (Å²) in [7, 11) is 3.23. The van der Waals surface area contributed by atoms with Crippen molar-refractivity contribution in [2.24, 2.45) is 0 Å². The monoisotopic (exact) mass is 373 g/mol. The Morgan fingerprint density at radius 1 is 1.15 bits per heavy atom. The predicted octanol–water partition coefficient (Wildman–Crippen LogP) is 3.54. The normalized spacial score (nSPS) is 23.8. The van der Waals surface area contributed by atoms with Gasteiger partial charge >= 0.3 is 0 Å². The van der Waals surface area contributed by atoms with Gasteiger partial charge in [-0.2, -0.15) is 0 Å². The molecule has 0 aromatic heterocycles. The van der Waals surface area contributed by atoms with Crippen LogP contribution in [-0.4, -0.2) is 37.8 Å². The number of nitrogens with zero attached hydrogens (tertiary/aromatic N) is 1. The zero-order valence-corrected chi connectivity index (χ0v) is 15.7. The molecular weight excluding hydrogens is 353 g/mol. The molecule has 2 aromatic rings. The van der Waals surface area contributed by atoms with Crippen molar-refractivity contribution in [2.45, 2.75) is 17.2 Å². The molecule has 0 aliphatic carbocycles. The van der Waals surface area contributed by atoms with Gasteiger partial charge in [0.25, 0.3) is 0 Å². The maximum absolute atomic E-state index is 13.4. The molecule has 2 aliphatic rings. The number of amides is 1. The largest absolute Gasteiger partial charge is 0.493 e. The van der Waals surface area contributed by atoms with E-state index >= 15 is 0 Å². The van der Waals surface area contributed by atoms with E-state index in [4.69, 9.17) is 9.47 Å². The van der Waals surface area contributed by atoms with Gasteiger partial charge in [0.1, 0.15) is 16.6 Å². The SMILES string of the molecule is COc1cc2c(cc1OC)C1(SC)C(c3ccc(F)cc3)C(=O)N1CC2. The topological polar surface area (TPSA) is 38.8 Å². The van der Waals surface area contributed by atoms with Gasteiger partial charge in [0, 0.05) is 6.54 Å². The summed E-state index contributed by atoms with van der Waals surface area (Å²) in [5.74, 6) is 0.798. The van der Waals surface area contributed by atoms with Crippen LogP contribution in [0.4, 0.5) is 4.39 Å². The Morgan fingerprint density at radius 3 is 2.42 bits per heavy atom. The van der Waals surface area contributed by atoms with Crippen molar-refractivity contribution < 1.29 is 18.7 Å². The quantitative estimate of drug-likeness (QED) is 0.769. The molecule has 0 radical (unpaired) electrons. The van der Waals surface area contributed by atoms with Crippen LogP contribution in [0.5, 0.6) is 11.5 Å². The van der Waals surface area contributed by atoms with Crippen LogP contribution in [0.25, 0.3) is 0 Å². The molecule has 1 fully saturated rings. The van der Waals surface area contributed by atoms with Gasteiger partial charge in [0.05, 0.1) is 14.2 Å². The number of methoxy groups -OCH3 is 2. The van der Waals surface area contributed by atoms with E-state index in [0.717, 1.165) is 23.1 Å². The second-order valence-corrected chi connectivity index (χ2v) is 7.52. The highest BCUT2D eigenvalue weighted by Crippen LogP contribution is 2.61. The van der Waals surface area contributed by atoms with E-state index in [2.05, 4.69) is 0 Å². The number of β-lactam (4-membered cyclic amide) rings is 1. The summed E-state index contributed by atoms with van der Waals surface area (Å²) in [5.41, 5.74) is 3.07. The number of hydrogen-bond acceptors (Lipinski definition) is 4. The highest BCUT2D eigenvalue weighted by atomic mass is 32.2. The summed E-state index contributed by atoms with van der Waals surface area (Å²) in [6.45, 7) is 0.667. The number of benzene rings is 2. The van der Waals surface area contributed by atoms with Crippen molar-refractivity contribution in [2.75, 3.05) is 27.0 Å². The third kappa shape index (κ3) is 2.18. The first kappa shape index (κ1) is 17.2. The molecule has 4 nitrogen and oxygen atoms in total. The van der Waals surface area contributed by atoms with E-state index in [1.807, 2.05) is 23.3 Å². The van der Waals surface area contributed by atoms with Crippen molar-refractivity contribution in [3.05, 3.63) is 58.9 Å². The van der Waals surface area contributed by atoms with Crippen LogP contribution in [0.3, 0.4) is 0 Å². The van der Waals surface area contributed by atoms with Gasteiger partial charge in [0.2, 0.25) is 5.91 Å². The lowest BCUT2D eigenvalue weighted by Gasteiger charge is -2.60. The first-order valence-corrected chi connectivity index (χ1v) is 9.66. The molecule has 2 aliphatic heterocycles. The van der Waals surface area contributed by atoms with Crippen molar-refractivity contribution in [1.29, 1.82) is 0 Å². The van der Waals surface area contributed by atoms with Gasteiger partial charge in [-0.3, -0.25) is 4.79 Å². The number of carbonyl (C=O) groups excluding carboxylic acids is 1. The lowest BCUT2D eigenvalue weighted by atomic mass is 9.72. The minimum atomic E-state index is -0.498. The van der Waals surface area contributed by atoms with Gasteiger partial charge < -0.3 is 14.4 Å². The predicted molar refractivity (Wildman–Crippen MR) is 99.3 cm³/mol. The van der Waals surface area contributed by atoms with E-state index in [1.165, 1.54) is 12.1 Å². The molecule has 0 saturated carbocycles. The molecule has 2 aromatic carbocycles. The fourth-order valence-electron chi connectivity index (χ4n) is 4.21. The van der Waals surface area contributed by atoms with Crippen LogP contribution in [-0.2, 0) is 16.1 Å². The smallest absolute Gasteiger partial charge is 0.235 e. The zero-order valence-electron chi connectivity index (χ0n) is 14.9. The maximum atomic E-state index is 13.4. The molecule has 0 spiro atoms. The minimum absolute atomic E-state index is 0.0893. The summed E-state index contributed by atoms with van der Waals surface area (Å²) < 4.78 is 24.3. The zero-order chi connectivity index (χ0) is 18.5. The van der Waals surface area contributed by atoms with Crippen LogP contribution in [0.15, 0.2) is 36.4 Å². The molecular formula is C20H20FNO3S. The van der Waals surface area contributed by atoms with Crippen molar-refractivity contribution in [3.8, 4) is 11.5 Å². The van der Waals surface area contributed by atoms with Crippen molar-refractivity contribution in [1.82, 2.24) is 4.90 Å². The van der Waals surface area contributed by atoms with E-state index in [9.17, 15) is 9.18 Å². The Kier molecular flexibility index (Phi) is 4.10. The highest BCUT2D eigenvalue weighted by molar-refractivity contribution is 7.99. The Labute approximate surface area is 156 Å². The number of rotatable bonds is 4. The van der Waals surface area contributed by atoms with Crippen LogP contribution < -0.4 is 9.47 Å². The van der Waals surface area contributed by atoms with Crippen LogP contribution in [0.2, 0.25) is 0 Å². The van der Waals surface area contributed by atoms with Gasteiger partial charge in [-0.15, -0.1) is 11.8 Å². The Hall–Kier alpha value is -2.21. The Morgan fingerprint density at radius 2 is 1.81 bits per heavy atom. The standard InChI is InChI=1S/C20H20FNO3S/c1-24-16-10-13-8-9-22-19(23)18(12-4-6-14(21)7-5-12)20(22,26-3)15(13)11-17(16)25-2/h4-7,10-11,18H,8-9H2,1-3H3. The molecule has 0 bridgehead atoms. The molecule has 0 N–H and O–H groups in total. The number of ether oxygens (including phenoxy) is 2. The molecule has 2 unspecified atom stereocenters. The second-order valence-electron chi connectivity index (χ2n) is 6.49. The average Bonchev–Trinajstić information content (AvgIpc) is 2.67. The van der Waals surface area contributed by atoms with Gasteiger partial charge in [-0.1, -0.05) is 12.1 Å². The molecule has 2 heterocycles. The van der Waals surface area contributed by atoms with Crippen LogP contribution >= 0.6 is 11.8 Å². The minimum Gasteiger partial charge on any atom is -0.493 e. The van der Waals surface area contributed by atoms with Crippen LogP contribution in [0, 0.1) is 5.82 Å². The van der Waals surface area contributed by atoms with Crippen molar-refractivity contribution >= 4 is 17.7 Å². The van der Waals surface area contributed by atoms with E-state index in [-0.39, 0.29) is 17.6 Å². The summed E-state index contributed by atoms with van der Waals surface area (Å²) in [6.07, 6.45) is 2.79. The number of thioether (sulfide) groups is 1. The van der Waals surface area contributed by atoms with E-state index in [1.54, 1.807) is 38.1 Å². The summed E-state index contributed by atoms with van der Waals surface area (Å²) >= 11 is 1.64. The highest BCUT2D eigenvalue weighted by Gasteiger charge is 2.63. The summed E-state index contributed by atoms with van der Waals surface area (Å²) in [6, 6.07) is 10.2. The second kappa shape index (κ2) is 6.20. The fourth-order valence-corrected chi connectivity index (χ4v) is 5.49. The molecule has 26 heavy (non-hydrogen) atoms. The maximum Gasteiger partial charge on any atom is 0.235 e. The molecule has 136 valence electrons. The molecule has 1 amide bonds. The number of hydrogen-bond donors (Lipinski definition) is 0. The van der Waals surface area contributed by atoms with E-state index < -0.39 is 4.87 Å². The number of halogens is 1. The third-order valence-corrected chi connectivity index (χ3v) is 6.72. The molecule has 2 atom stereocenters. The Bertz CT molecular complexity index is 870. The van der Waals surface area contributed by atoms with Gasteiger partial charge in [-0.05, 0) is 53.6 Å². The first-order valence-electron chi connectivity index (χ1n) is 8.44. The van der Waals surface area contributed by atoms with Gasteiger partial charge in [-0.25, -0.2) is 4.39 Å². The number of fused-ring (bicyclic) bond motifs is 3. The average molecular weight is 373 g/mol. The molecule has 1 saturated heterocycles. The van der Waals surface area contributed by atoms with E-state index in [0.29, 0.717) is 18.0 Å². The Balaban J connectivity index is 1.89. The third-order valence-electron chi connectivity index (χ3n) is 5.42.